The lowest BCUT2D eigenvalue weighted by molar-refractivity contribution is -0.119. The Labute approximate surface area is 110 Å². The van der Waals surface area contributed by atoms with Crippen molar-refractivity contribution in [2.45, 2.75) is 38.2 Å². The predicted octanol–water partition coefficient (Wildman–Crippen LogP) is 2.91. The normalized spacial score (nSPS) is 19.5. The maximum Gasteiger partial charge on any atom is 0.138 e. The number of hydrogen-bond donors (Lipinski definition) is 0. The molecule has 1 aromatic heterocycles. The zero-order valence-corrected chi connectivity index (χ0v) is 11.3. The second-order valence-corrected chi connectivity index (χ2v) is 5.27. The molecule has 0 N–H and O–H groups in total. The largest absolute Gasteiger partial charge is 0.378 e. The maximum atomic E-state index is 11.7. The zero-order valence-electron chi connectivity index (χ0n) is 9.69. The van der Waals surface area contributed by atoms with E-state index in [1.165, 1.54) is 0 Å². The summed E-state index contributed by atoms with van der Waals surface area (Å²) in [7, 11) is 0. The topological polar surface area (TPSA) is 39.2 Å². The second kappa shape index (κ2) is 6.26. The predicted molar refractivity (Wildman–Crippen MR) is 68.9 cm³/mol. The number of ketones is 1. The van der Waals surface area contributed by atoms with Crippen molar-refractivity contribution < 1.29 is 9.53 Å². The van der Waals surface area contributed by atoms with Crippen LogP contribution in [-0.2, 0) is 16.0 Å². The molecule has 17 heavy (non-hydrogen) atoms. The van der Waals surface area contributed by atoms with Gasteiger partial charge in [-0.3, -0.25) is 9.78 Å². The fraction of sp³-hybridized carbons (Fsp3) is 0.538. The first kappa shape index (κ1) is 12.7. The summed E-state index contributed by atoms with van der Waals surface area (Å²) in [5.41, 5.74) is 0.838. The number of pyridine rings is 1. The lowest BCUT2D eigenvalue weighted by atomic mass is 10.1. The average Bonchev–Trinajstić information content (AvgIpc) is 2.83. The summed E-state index contributed by atoms with van der Waals surface area (Å²) in [6.45, 7) is 0.854. The van der Waals surface area contributed by atoms with Crippen molar-refractivity contribution in [3.05, 3.63) is 28.5 Å². The Balaban J connectivity index is 1.74. The van der Waals surface area contributed by atoms with E-state index in [9.17, 15) is 4.79 Å². The van der Waals surface area contributed by atoms with Crippen molar-refractivity contribution in [3.63, 3.8) is 0 Å². The van der Waals surface area contributed by atoms with Gasteiger partial charge in [0, 0.05) is 35.8 Å². The summed E-state index contributed by atoms with van der Waals surface area (Å²) in [6.07, 6.45) is 6.15. The standard InChI is InChI=1S/C13H16BrNO2/c14-10-3-4-11(15-9-10)8-12(16)5-6-13-2-1-7-17-13/h3-4,9,13H,1-2,5-8H2. The molecule has 1 aliphatic heterocycles. The molecule has 1 unspecified atom stereocenters. The fourth-order valence-electron chi connectivity index (χ4n) is 2.00. The van der Waals surface area contributed by atoms with Gasteiger partial charge in [0.25, 0.3) is 0 Å². The number of carbonyl (C=O) groups is 1. The molecule has 4 heteroatoms. The summed E-state index contributed by atoms with van der Waals surface area (Å²) in [6, 6.07) is 3.80. The zero-order chi connectivity index (χ0) is 12.1. The first-order valence-electron chi connectivity index (χ1n) is 5.98. The van der Waals surface area contributed by atoms with Crippen molar-refractivity contribution in [2.24, 2.45) is 0 Å². The van der Waals surface area contributed by atoms with E-state index in [0.29, 0.717) is 18.9 Å². The van der Waals surface area contributed by atoms with E-state index < -0.39 is 0 Å². The smallest absolute Gasteiger partial charge is 0.138 e. The highest BCUT2D eigenvalue weighted by Gasteiger charge is 2.16. The van der Waals surface area contributed by atoms with E-state index in [-0.39, 0.29) is 5.78 Å². The van der Waals surface area contributed by atoms with Gasteiger partial charge in [-0.15, -0.1) is 0 Å². The van der Waals surface area contributed by atoms with Crippen LogP contribution in [0.3, 0.4) is 0 Å². The van der Waals surface area contributed by atoms with E-state index in [2.05, 4.69) is 20.9 Å². The van der Waals surface area contributed by atoms with Gasteiger partial charge >= 0.3 is 0 Å². The molecule has 1 fully saturated rings. The Kier molecular flexibility index (Phi) is 4.68. The summed E-state index contributed by atoms with van der Waals surface area (Å²) >= 11 is 3.32. The maximum absolute atomic E-state index is 11.7. The molecule has 0 bridgehead atoms. The van der Waals surface area contributed by atoms with E-state index in [4.69, 9.17) is 4.74 Å². The Morgan fingerprint density at radius 3 is 3.06 bits per heavy atom. The third kappa shape index (κ3) is 4.21. The van der Waals surface area contributed by atoms with Gasteiger partial charge in [0.15, 0.2) is 0 Å². The Morgan fingerprint density at radius 1 is 1.53 bits per heavy atom. The lowest BCUT2D eigenvalue weighted by Gasteiger charge is -2.07. The number of Topliss-reactive ketones (excluding diaryl/α,β-unsaturated/α-hetero) is 1. The monoisotopic (exact) mass is 297 g/mol. The molecule has 1 aromatic rings. The van der Waals surface area contributed by atoms with E-state index in [0.717, 1.165) is 36.0 Å². The minimum atomic E-state index is 0.246. The van der Waals surface area contributed by atoms with Gasteiger partial charge in [-0.05, 0) is 47.3 Å². The molecule has 0 amide bonds. The number of halogens is 1. The molecule has 2 rings (SSSR count). The first-order valence-corrected chi connectivity index (χ1v) is 6.77. The van der Waals surface area contributed by atoms with Crippen molar-refractivity contribution in [1.82, 2.24) is 4.98 Å². The van der Waals surface area contributed by atoms with E-state index in [1.54, 1.807) is 6.20 Å². The number of ether oxygens (including phenoxy) is 1. The lowest BCUT2D eigenvalue weighted by Crippen LogP contribution is -2.10. The van der Waals surface area contributed by atoms with Crippen LogP contribution in [0, 0.1) is 0 Å². The highest BCUT2D eigenvalue weighted by atomic mass is 79.9. The molecule has 0 saturated carbocycles. The summed E-state index contributed by atoms with van der Waals surface area (Å²) in [5, 5.41) is 0. The molecule has 1 atom stereocenters. The highest BCUT2D eigenvalue weighted by Crippen LogP contribution is 2.17. The van der Waals surface area contributed by atoms with Crippen LogP contribution in [0.15, 0.2) is 22.8 Å². The molecular formula is C13H16BrNO2. The van der Waals surface area contributed by atoms with Gasteiger partial charge < -0.3 is 4.74 Å². The molecule has 0 aliphatic carbocycles. The van der Waals surface area contributed by atoms with Crippen LogP contribution in [0.4, 0.5) is 0 Å². The number of rotatable bonds is 5. The van der Waals surface area contributed by atoms with E-state index in [1.807, 2.05) is 12.1 Å². The molecule has 92 valence electrons. The van der Waals surface area contributed by atoms with Gasteiger partial charge in [0.2, 0.25) is 0 Å². The van der Waals surface area contributed by atoms with Gasteiger partial charge in [0.1, 0.15) is 5.78 Å². The molecule has 0 aromatic carbocycles. The quantitative estimate of drug-likeness (QED) is 0.839. The van der Waals surface area contributed by atoms with Gasteiger partial charge in [-0.25, -0.2) is 0 Å². The highest BCUT2D eigenvalue weighted by molar-refractivity contribution is 9.10. The SMILES string of the molecule is O=C(CCC1CCCO1)Cc1ccc(Br)cn1. The van der Waals surface area contributed by atoms with Crippen LogP contribution >= 0.6 is 15.9 Å². The van der Waals surface area contributed by atoms with E-state index >= 15 is 0 Å². The van der Waals surface area contributed by atoms with Gasteiger partial charge in [-0.2, -0.15) is 0 Å². The minimum Gasteiger partial charge on any atom is -0.378 e. The summed E-state index contributed by atoms with van der Waals surface area (Å²) < 4.78 is 6.43. The summed E-state index contributed by atoms with van der Waals surface area (Å²) in [4.78, 5) is 15.9. The Bertz CT molecular complexity index is 372. The Hall–Kier alpha value is -0.740. The van der Waals surface area contributed by atoms with Gasteiger partial charge in [0.05, 0.1) is 6.10 Å². The molecule has 3 nitrogen and oxygen atoms in total. The number of hydrogen-bond acceptors (Lipinski definition) is 3. The molecule has 2 heterocycles. The van der Waals surface area contributed by atoms with Crippen LogP contribution < -0.4 is 0 Å². The average molecular weight is 298 g/mol. The van der Waals surface area contributed by atoms with Crippen LogP contribution in [0.5, 0.6) is 0 Å². The number of carbonyl (C=O) groups excluding carboxylic acids is 1. The summed E-state index contributed by atoms with van der Waals surface area (Å²) in [5.74, 6) is 0.246. The third-order valence-corrected chi connectivity index (χ3v) is 3.41. The van der Waals surface area contributed by atoms with Crippen molar-refractivity contribution >= 4 is 21.7 Å². The first-order chi connectivity index (χ1) is 8.24. The minimum absolute atomic E-state index is 0.246. The van der Waals surface area contributed by atoms with Crippen molar-refractivity contribution in [1.29, 1.82) is 0 Å². The van der Waals surface area contributed by atoms with Crippen LogP contribution in [0.1, 0.15) is 31.4 Å². The van der Waals surface area contributed by atoms with Crippen molar-refractivity contribution in [3.8, 4) is 0 Å². The third-order valence-electron chi connectivity index (χ3n) is 2.94. The van der Waals surface area contributed by atoms with Crippen LogP contribution in [0.25, 0.3) is 0 Å². The Morgan fingerprint density at radius 2 is 2.41 bits per heavy atom. The second-order valence-electron chi connectivity index (χ2n) is 4.36. The number of nitrogens with zero attached hydrogens (tertiary/aromatic N) is 1. The molecule has 1 aliphatic rings. The fourth-order valence-corrected chi connectivity index (χ4v) is 2.23. The van der Waals surface area contributed by atoms with Crippen LogP contribution in [-0.4, -0.2) is 23.5 Å². The molecule has 0 spiro atoms. The van der Waals surface area contributed by atoms with Crippen LogP contribution in [0.2, 0.25) is 0 Å². The molecular weight excluding hydrogens is 282 g/mol. The van der Waals surface area contributed by atoms with Gasteiger partial charge in [-0.1, -0.05) is 0 Å². The molecule has 1 saturated heterocycles. The molecule has 0 radical (unpaired) electrons. The van der Waals surface area contributed by atoms with Crippen molar-refractivity contribution in [2.75, 3.05) is 6.61 Å². The number of aromatic nitrogens is 1.